The summed E-state index contributed by atoms with van der Waals surface area (Å²) in [5.41, 5.74) is 0.449. The third kappa shape index (κ3) is 2.21. The van der Waals surface area contributed by atoms with Crippen molar-refractivity contribution in [2.45, 2.75) is 11.4 Å². The van der Waals surface area contributed by atoms with Crippen LogP contribution in [0.3, 0.4) is 0 Å². The Hall–Kier alpha value is -1.89. The summed E-state index contributed by atoms with van der Waals surface area (Å²) in [6.45, 7) is -0.108. The van der Waals surface area contributed by atoms with Crippen LogP contribution in [0.4, 0.5) is 0 Å². The largest absolute Gasteiger partial charge is 0.474 e. The summed E-state index contributed by atoms with van der Waals surface area (Å²) in [6, 6.07) is 6.31. The van der Waals surface area contributed by atoms with Gasteiger partial charge in [0, 0.05) is 13.1 Å². The van der Waals surface area contributed by atoms with E-state index in [1.165, 1.54) is 6.07 Å². The highest BCUT2D eigenvalue weighted by Gasteiger charge is 2.29. The van der Waals surface area contributed by atoms with Gasteiger partial charge in [0.25, 0.3) is 0 Å². The first-order valence-electron chi connectivity index (χ1n) is 5.24. The van der Waals surface area contributed by atoms with E-state index >= 15 is 0 Å². The molecule has 0 fully saturated rings. The molecule has 0 aromatic heterocycles. The van der Waals surface area contributed by atoms with Gasteiger partial charge < -0.3 is 10.0 Å². The number of hydrogen-bond donors (Lipinski definition) is 1. The summed E-state index contributed by atoms with van der Waals surface area (Å²) in [5, 5.41) is 8.66. The molecule has 18 heavy (non-hydrogen) atoms. The Balaban J connectivity index is 2.44. The zero-order valence-electron chi connectivity index (χ0n) is 9.37. The number of fused-ring (bicyclic) bond motifs is 1. The van der Waals surface area contributed by atoms with Crippen LogP contribution in [0.5, 0.6) is 0 Å². The fraction of sp³-hybridized carbons (Fsp3) is 0.273. The first-order valence-corrected chi connectivity index (χ1v) is 6.90. The molecule has 1 aliphatic rings. The summed E-state index contributed by atoms with van der Waals surface area (Å²) in [7, 11) is -3.46. The molecule has 6 nitrogen and oxygen atoms in total. The molecule has 0 atom stereocenters. The fourth-order valence-corrected chi connectivity index (χ4v) is 3.37. The molecule has 1 aromatic carbocycles. The average Bonchev–Trinajstić information content (AvgIpc) is 2.46. The van der Waals surface area contributed by atoms with Crippen molar-refractivity contribution in [2.24, 2.45) is 0 Å². The molecule has 0 spiro atoms. The Labute approximate surface area is 104 Å². The van der Waals surface area contributed by atoms with E-state index in [-0.39, 0.29) is 23.7 Å². The molecule has 0 bridgehead atoms. The lowest BCUT2D eigenvalue weighted by Crippen LogP contribution is -2.37. The van der Waals surface area contributed by atoms with E-state index in [0.29, 0.717) is 5.56 Å². The molecule has 0 saturated heterocycles. The highest BCUT2D eigenvalue weighted by atomic mass is 32.2. The Bertz CT molecular complexity index is 608. The Morgan fingerprint density at radius 1 is 1.22 bits per heavy atom. The van der Waals surface area contributed by atoms with Gasteiger partial charge >= 0.3 is 11.9 Å². The topological polar surface area (TPSA) is 91.8 Å². The van der Waals surface area contributed by atoms with Gasteiger partial charge in [0.15, 0.2) is 9.84 Å². The number of carboxylic acids is 1. The van der Waals surface area contributed by atoms with Gasteiger partial charge in [-0.2, -0.15) is 0 Å². The number of carbonyl (C=O) groups excluding carboxylic acids is 1. The molecule has 96 valence electrons. The van der Waals surface area contributed by atoms with E-state index in [9.17, 15) is 18.0 Å². The van der Waals surface area contributed by atoms with Gasteiger partial charge in [-0.15, -0.1) is 0 Å². The molecule has 1 N–H and O–H groups in total. The van der Waals surface area contributed by atoms with Crippen molar-refractivity contribution in [2.75, 3.05) is 12.3 Å². The van der Waals surface area contributed by atoms with Crippen molar-refractivity contribution in [3.63, 3.8) is 0 Å². The van der Waals surface area contributed by atoms with E-state index in [1.807, 2.05) is 0 Å². The minimum atomic E-state index is -3.46. The highest BCUT2D eigenvalue weighted by Crippen LogP contribution is 2.22. The minimum Gasteiger partial charge on any atom is -0.474 e. The second-order valence-corrected chi connectivity index (χ2v) is 6.04. The molecule has 1 aliphatic heterocycles. The van der Waals surface area contributed by atoms with Crippen LogP contribution in [0.2, 0.25) is 0 Å². The lowest BCUT2D eigenvalue weighted by Gasteiger charge is -2.17. The Morgan fingerprint density at radius 2 is 1.89 bits per heavy atom. The predicted molar refractivity (Wildman–Crippen MR) is 61.5 cm³/mol. The van der Waals surface area contributed by atoms with Crippen LogP contribution in [0, 0.1) is 0 Å². The van der Waals surface area contributed by atoms with Crippen molar-refractivity contribution < 1.29 is 23.1 Å². The van der Waals surface area contributed by atoms with E-state index < -0.39 is 21.7 Å². The summed E-state index contributed by atoms with van der Waals surface area (Å²) >= 11 is 0. The van der Waals surface area contributed by atoms with Crippen molar-refractivity contribution in [3.8, 4) is 0 Å². The van der Waals surface area contributed by atoms with Crippen molar-refractivity contribution in [1.82, 2.24) is 4.90 Å². The quantitative estimate of drug-likeness (QED) is 0.663. The normalized spacial score (nSPS) is 17.7. The Morgan fingerprint density at radius 3 is 2.56 bits per heavy atom. The summed E-state index contributed by atoms with van der Waals surface area (Å²) in [5.74, 6) is -2.92. The second-order valence-electron chi connectivity index (χ2n) is 3.96. The number of nitrogens with zero attached hydrogens (tertiary/aromatic N) is 1. The van der Waals surface area contributed by atoms with Crippen LogP contribution in [-0.4, -0.2) is 42.6 Å². The molecule has 1 amide bonds. The first kappa shape index (κ1) is 12.6. The van der Waals surface area contributed by atoms with Crippen LogP contribution in [-0.2, 0) is 26.0 Å². The molecular formula is C11H11NO5S. The third-order valence-electron chi connectivity index (χ3n) is 2.77. The summed E-state index contributed by atoms with van der Waals surface area (Å²) in [4.78, 5) is 23.3. The fourth-order valence-electron chi connectivity index (χ4n) is 1.87. The Kier molecular flexibility index (Phi) is 3.08. The molecule has 1 aromatic rings. The number of carboxylic acid groups (broad SMARTS) is 1. The molecule has 0 radical (unpaired) electrons. The summed E-state index contributed by atoms with van der Waals surface area (Å²) < 4.78 is 23.9. The zero-order chi connectivity index (χ0) is 13.3. The predicted octanol–water partition coefficient (Wildman–Crippen LogP) is -0.113. The van der Waals surface area contributed by atoms with Crippen molar-refractivity contribution in [3.05, 3.63) is 29.8 Å². The van der Waals surface area contributed by atoms with E-state index in [4.69, 9.17) is 5.11 Å². The molecule has 1 heterocycles. The number of benzene rings is 1. The number of aliphatic carboxylic acids is 1. The lowest BCUT2D eigenvalue weighted by atomic mass is 10.2. The van der Waals surface area contributed by atoms with Gasteiger partial charge in [-0.25, -0.2) is 13.2 Å². The van der Waals surface area contributed by atoms with Crippen LogP contribution in [0.1, 0.15) is 5.56 Å². The second kappa shape index (κ2) is 4.41. The maximum atomic E-state index is 11.9. The van der Waals surface area contributed by atoms with Crippen LogP contribution >= 0.6 is 0 Å². The maximum absolute atomic E-state index is 11.9. The van der Waals surface area contributed by atoms with Crippen LogP contribution in [0.25, 0.3) is 0 Å². The van der Waals surface area contributed by atoms with Gasteiger partial charge in [-0.05, 0) is 11.6 Å². The average molecular weight is 269 g/mol. The standard InChI is InChI=1S/C11H11NO5S/c13-10(11(14)15)12-5-6-18(16,17)9-4-2-1-3-8(9)7-12/h1-4H,5-7H2,(H,14,15). The molecule has 7 heteroatoms. The molecule has 2 rings (SSSR count). The summed E-state index contributed by atoms with van der Waals surface area (Å²) in [6.07, 6.45) is 0. The van der Waals surface area contributed by atoms with E-state index in [0.717, 1.165) is 4.90 Å². The SMILES string of the molecule is O=C(O)C(=O)N1CCS(=O)(=O)c2ccccc2C1. The first-order chi connectivity index (χ1) is 8.42. The number of sulfone groups is 1. The van der Waals surface area contributed by atoms with Crippen LogP contribution < -0.4 is 0 Å². The number of hydrogen-bond acceptors (Lipinski definition) is 4. The smallest absolute Gasteiger partial charge is 0.394 e. The van der Waals surface area contributed by atoms with Gasteiger partial charge in [0.2, 0.25) is 0 Å². The third-order valence-corrected chi connectivity index (χ3v) is 4.56. The van der Waals surface area contributed by atoms with Crippen molar-refractivity contribution >= 4 is 21.7 Å². The lowest BCUT2D eigenvalue weighted by molar-refractivity contribution is -0.156. The van der Waals surface area contributed by atoms with Gasteiger partial charge in [0.1, 0.15) is 0 Å². The zero-order valence-corrected chi connectivity index (χ0v) is 10.2. The number of carbonyl (C=O) groups is 2. The van der Waals surface area contributed by atoms with Gasteiger partial charge in [0.05, 0.1) is 10.6 Å². The maximum Gasteiger partial charge on any atom is 0.394 e. The highest BCUT2D eigenvalue weighted by molar-refractivity contribution is 7.91. The van der Waals surface area contributed by atoms with Crippen molar-refractivity contribution in [1.29, 1.82) is 0 Å². The molecule has 0 saturated carbocycles. The molecule has 0 unspecified atom stereocenters. The molecular weight excluding hydrogens is 258 g/mol. The van der Waals surface area contributed by atoms with E-state index in [1.54, 1.807) is 18.2 Å². The van der Waals surface area contributed by atoms with Gasteiger partial charge in [-0.3, -0.25) is 4.79 Å². The minimum absolute atomic E-state index is 0.000532. The number of rotatable bonds is 0. The monoisotopic (exact) mass is 269 g/mol. The van der Waals surface area contributed by atoms with E-state index in [2.05, 4.69) is 0 Å². The van der Waals surface area contributed by atoms with Crippen LogP contribution in [0.15, 0.2) is 29.2 Å². The number of amides is 1. The van der Waals surface area contributed by atoms with Gasteiger partial charge in [-0.1, -0.05) is 18.2 Å². The molecule has 0 aliphatic carbocycles.